The predicted molar refractivity (Wildman–Crippen MR) is 113 cm³/mol. The zero-order chi connectivity index (χ0) is 20.8. The molecule has 1 fully saturated rings. The third kappa shape index (κ3) is 5.48. The fourth-order valence-corrected chi connectivity index (χ4v) is 3.85. The number of nitrogens with zero attached hydrogens (tertiary/aromatic N) is 4. The largest absolute Gasteiger partial charge is 0.378 e. The lowest BCUT2D eigenvalue weighted by molar-refractivity contribution is -0.115. The molecule has 0 radical (unpaired) electrons. The molecular weight excluding hydrogens is 392 g/mol. The molecule has 0 aliphatic carbocycles. The average molecular weight is 419 g/mol. The summed E-state index contributed by atoms with van der Waals surface area (Å²) >= 11 is 1.38. The van der Waals surface area contributed by atoms with E-state index in [1.807, 2.05) is 18.4 Å². The minimum atomic E-state index is -0.350. The van der Waals surface area contributed by atoms with E-state index in [1.54, 1.807) is 24.3 Å². The summed E-state index contributed by atoms with van der Waals surface area (Å²) in [5.41, 5.74) is 1.35. The van der Waals surface area contributed by atoms with E-state index in [0.29, 0.717) is 24.6 Å². The Morgan fingerprint density at radius 3 is 2.34 bits per heavy atom. The summed E-state index contributed by atoms with van der Waals surface area (Å²) in [6.45, 7) is 8.99. The summed E-state index contributed by atoms with van der Waals surface area (Å²) < 4.78 is 7.43. The number of carbonyl (C=O) groups is 2. The Labute approximate surface area is 174 Å². The summed E-state index contributed by atoms with van der Waals surface area (Å²) in [5, 5.41) is 14.6. The molecule has 1 aliphatic rings. The van der Waals surface area contributed by atoms with Crippen LogP contribution in [0.15, 0.2) is 29.4 Å². The Kier molecular flexibility index (Phi) is 7.10. The fourth-order valence-electron chi connectivity index (χ4n) is 2.94. The molecule has 1 atom stereocenters. The second-order valence-electron chi connectivity index (χ2n) is 6.63. The van der Waals surface area contributed by atoms with Crippen LogP contribution in [0.2, 0.25) is 0 Å². The van der Waals surface area contributed by atoms with Crippen molar-refractivity contribution in [3.8, 4) is 0 Å². The minimum Gasteiger partial charge on any atom is -0.378 e. The molecule has 0 bridgehead atoms. The molecule has 1 aromatic heterocycles. The maximum absolute atomic E-state index is 12.6. The summed E-state index contributed by atoms with van der Waals surface area (Å²) in [6.07, 6.45) is 0. The normalized spacial score (nSPS) is 15.1. The lowest BCUT2D eigenvalue weighted by Gasteiger charge is -2.27. The maximum Gasteiger partial charge on any atom is 0.237 e. The fraction of sp³-hybridized carbons (Fsp3) is 0.474. The number of ether oxygens (including phenoxy) is 1. The van der Waals surface area contributed by atoms with Crippen LogP contribution in [-0.2, 0) is 20.9 Å². The number of aromatic nitrogens is 3. The predicted octanol–water partition coefficient (Wildman–Crippen LogP) is 2.21. The van der Waals surface area contributed by atoms with Crippen molar-refractivity contribution >= 4 is 40.9 Å². The van der Waals surface area contributed by atoms with E-state index in [1.165, 1.54) is 18.7 Å². The van der Waals surface area contributed by atoms with E-state index in [4.69, 9.17) is 4.74 Å². The molecular formula is C19H26N6O3S. The first-order chi connectivity index (χ1) is 14.0. The standard InChI is InChI=1S/C19H26N6O3S/c1-4-25-18(24-9-11-28-12-10-24)22-23-19(25)29-13(2)17(27)21-16-7-5-15(6-8-16)20-14(3)26/h5-8,13H,4,9-12H2,1-3H3,(H,20,26)(H,21,27)/t13-/m1/s1. The van der Waals surface area contributed by atoms with Crippen LogP contribution in [0.3, 0.4) is 0 Å². The van der Waals surface area contributed by atoms with Gasteiger partial charge in [0, 0.05) is 37.9 Å². The Morgan fingerprint density at radius 2 is 1.76 bits per heavy atom. The van der Waals surface area contributed by atoms with Gasteiger partial charge < -0.3 is 20.3 Å². The van der Waals surface area contributed by atoms with Gasteiger partial charge in [0.15, 0.2) is 5.16 Å². The number of thioether (sulfide) groups is 1. The summed E-state index contributed by atoms with van der Waals surface area (Å²) in [4.78, 5) is 25.8. The summed E-state index contributed by atoms with van der Waals surface area (Å²) in [7, 11) is 0. The molecule has 3 rings (SSSR count). The van der Waals surface area contributed by atoms with E-state index in [0.717, 1.165) is 30.7 Å². The molecule has 9 nitrogen and oxygen atoms in total. The highest BCUT2D eigenvalue weighted by Crippen LogP contribution is 2.27. The minimum absolute atomic E-state index is 0.124. The number of carbonyl (C=O) groups excluding carboxylic acids is 2. The highest BCUT2D eigenvalue weighted by atomic mass is 32.2. The number of anilines is 3. The van der Waals surface area contributed by atoms with E-state index in [2.05, 4.69) is 25.7 Å². The second kappa shape index (κ2) is 9.75. The van der Waals surface area contributed by atoms with Crippen molar-refractivity contribution in [3.63, 3.8) is 0 Å². The van der Waals surface area contributed by atoms with Crippen molar-refractivity contribution in [1.29, 1.82) is 0 Å². The zero-order valence-electron chi connectivity index (χ0n) is 16.8. The Bertz CT molecular complexity index is 848. The Morgan fingerprint density at radius 1 is 1.14 bits per heavy atom. The quantitative estimate of drug-likeness (QED) is 0.665. The van der Waals surface area contributed by atoms with E-state index in [9.17, 15) is 9.59 Å². The lowest BCUT2D eigenvalue weighted by atomic mass is 10.2. The highest BCUT2D eigenvalue weighted by Gasteiger charge is 2.23. The first kappa shape index (κ1) is 21.1. The van der Waals surface area contributed by atoms with Crippen LogP contribution in [-0.4, -0.2) is 58.1 Å². The zero-order valence-corrected chi connectivity index (χ0v) is 17.7. The lowest BCUT2D eigenvalue weighted by Crippen LogP contribution is -2.38. The van der Waals surface area contributed by atoms with E-state index < -0.39 is 0 Å². The smallest absolute Gasteiger partial charge is 0.237 e. The molecule has 156 valence electrons. The van der Waals surface area contributed by atoms with E-state index in [-0.39, 0.29) is 17.1 Å². The molecule has 29 heavy (non-hydrogen) atoms. The van der Waals surface area contributed by atoms with Gasteiger partial charge in [-0.05, 0) is 38.1 Å². The van der Waals surface area contributed by atoms with Crippen molar-refractivity contribution in [2.45, 2.75) is 37.7 Å². The number of morpholine rings is 1. The molecule has 2 aromatic rings. The number of hydrogen-bond acceptors (Lipinski definition) is 7. The molecule has 1 aliphatic heterocycles. The third-order valence-electron chi connectivity index (χ3n) is 4.43. The molecule has 10 heteroatoms. The van der Waals surface area contributed by atoms with Crippen LogP contribution >= 0.6 is 11.8 Å². The van der Waals surface area contributed by atoms with Gasteiger partial charge in [0.2, 0.25) is 17.8 Å². The van der Waals surface area contributed by atoms with Crippen molar-refractivity contribution in [3.05, 3.63) is 24.3 Å². The van der Waals surface area contributed by atoms with Crippen LogP contribution in [0.25, 0.3) is 0 Å². The van der Waals surface area contributed by atoms with Gasteiger partial charge in [-0.25, -0.2) is 0 Å². The van der Waals surface area contributed by atoms with Crippen LogP contribution in [0.5, 0.6) is 0 Å². The molecule has 2 heterocycles. The third-order valence-corrected chi connectivity index (χ3v) is 5.51. The molecule has 0 saturated carbocycles. The van der Waals surface area contributed by atoms with Gasteiger partial charge in [-0.2, -0.15) is 0 Å². The number of rotatable bonds is 7. The van der Waals surface area contributed by atoms with Gasteiger partial charge in [0.25, 0.3) is 0 Å². The van der Waals surface area contributed by atoms with Crippen LogP contribution in [0, 0.1) is 0 Å². The molecule has 2 amide bonds. The van der Waals surface area contributed by atoms with Crippen molar-refractivity contribution in [1.82, 2.24) is 14.8 Å². The van der Waals surface area contributed by atoms with Crippen LogP contribution in [0.1, 0.15) is 20.8 Å². The number of hydrogen-bond donors (Lipinski definition) is 2. The molecule has 0 spiro atoms. The Hall–Kier alpha value is -2.59. The van der Waals surface area contributed by atoms with Crippen molar-refractivity contribution < 1.29 is 14.3 Å². The van der Waals surface area contributed by atoms with Gasteiger partial charge in [-0.15, -0.1) is 10.2 Å². The summed E-state index contributed by atoms with van der Waals surface area (Å²) in [6, 6.07) is 7.01. The highest BCUT2D eigenvalue weighted by molar-refractivity contribution is 8.00. The molecule has 1 saturated heterocycles. The van der Waals surface area contributed by atoms with Gasteiger partial charge in [0.05, 0.1) is 18.5 Å². The molecule has 0 unspecified atom stereocenters. The number of amides is 2. The summed E-state index contributed by atoms with van der Waals surface area (Å²) in [5.74, 6) is 0.559. The van der Waals surface area contributed by atoms with Gasteiger partial charge in [-0.1, -0.05) is 11.8 Å². The SMILES string of the molecule is CCn1c(S[C@H](C)C(=O)Nc2ccc(NC(C)=O)cc2)nnc1N1CCOCC1. The first-order valence-electron chi connectivity index (χ1n) is 9.59. The van der Waals surface area contributed by atoms with Gasteiger partial charge >= 0.3 is 0 Å². The number of benzene rings is 1. The van der Waals surface area contributed by atoms with Gasteiger partial charge in [0.1, 0.15) is 0 Å². The monoisotopic (exact) mass is 418 g/mol. The number of nitrogens with one attached hydrogen (secondary N) is 2. The second-order valence-corrected chi connectivity index (χ2v) is 7.94. The first-order valence-corrected chi connectivity index (χ1v) is 10.5. The van der Waals surface area contributed by atoms with E-state index >= 15 is 0 Å². The van der Waals surface area contributed by atoms with Crippen LogP contribution < -0.4 is 15.5 Å². The maximum atomic E-state index is 12.6. The average Bonchev–Trinajstić information content (AvgIpc) is 3.12. The van der Waals surface area contributed by atoms with Crippen LogP contribution in [0.4, 0.5) is 17.3 Å². The molecule has 1 aromatic carbocycles. The van der Waals surface area contributed by atoms with Gasteiger partial charge in [-0.3, -0.25) is 14.2 Å². The topological polar surface area (TPSA) is 101 Å². The molecule has 2 N–H and O–H groups in total. The van der Waals surface area contributed by atoms with Crippen molar-refractivity contribution in [2.75, 3.05) is 41.8 Å². The van der Waals surface area contributed by atoms with Crippen molar-refractivity contribution in [2.24, 2.45) is 0 Å². The Balaban J connectivity index is 1.62.